The molecule has 8 nitrogen and oxygen atoms in total. The SMILES string of the molecule is Cc1ccc(NC(=O)Cn2cnc3sc(-c4nc(-c5ccc(F)cc5)no4)c(C)c3c2=O)cc1. The normalized spacial score (nSPS) is 11.1. The highest BCUT2D eigenvalue weighted by atomic mass is 32.1. The Bertz CT molecular complexity index is 1570. The fourth-order valence-electron chi connectivity index (χ4n) is 3.50. The van der Waals surface area contributed by atoms with E-state index in [9.17, 15) is 14.0 Å². The van der Waals surface area contributed by atoms with E-state index in [0.717, 1.165) is 5.56 Å². The Morgan fingerprint density at radius 1 is 1.12 bits per heavy atom. The summed E-state index contributed by atoms with van der Waals surface area (Å²) in [7, 11) is 0. The molecule has 10 heteroatoms. The van der Waals surface area contributed by atoms with Crippen molar-refractivity contribution in [2.45, 2.75) is 20.4 Å². The van der Waals surface area contributed by atoms with Gasteiger partial charge in [0.1, 0.15) is 17.2 Å². The minimum absolute atomic E-state index is 0.171. The first-order valence-corrected chi connectivity index (χ1v) is 11.2. The lowest BCUT2D eigenvalue weighted by atomic mass is 10.2. The summed E-state index contributed by atoms with van der Waals surface area (Å²) < 4.78 is 19.9. The number of anilines is 1. The van der Waals surface area contributed by atoms with Crippen molar-refractivity contribution in [2.24, 2.45) is 0 Å². The maximum Gasteiger partial charge on any atom is 0.268 e. The number of nitrogens with zero attached hydrogens (tertiary/aromatic N) is 4. The van der Waals surface area contributed by atoms with Crippen LogP contribution < -0.4 is 10.9 Å². The summed E-state index contributed by atoms with van der Waals surface area (Å²) in [6.45, 7) is 3.56. The summed E-state index contributed by atoms with van der Waals surface area (Å²) in [6, 6.07) is 13.1. The van der Waals surface area contributed by atoms with E-state index in [1.807, 2.05) is 19.1 Å². The fraction of sp³-hybridized carbons (Fsp3) is 0.125. The van der Waals surface area contributed by atoms with Crippen molar-refractivity contribution in [1.29, 1.82) is 0 Å². The fourth-order valence-corrected chi connectivity index (χ4v) is 4.56. The predicted molar refractivity (Wildman–Crippen MR) is 127 cm³/mol. The average Bonchev–Trinajstić information content (AvgIpc) is 3.43. The molecule has 0 atom stereocenters. The first kappa shape index (κ1) is 21.7. The third-order valence-electron chi connectivity index (χ3n) is 5.29. The molecule has 2 aromatic carbocycles. The Morgan fingerprint density at radius 3 is 2.59 bits per heavy atom. The topological polar surface area (TPSA) is 103 Å². The van der Waals surface area contributed by atoms with E-state index in [0.29, 0.717) is 37.7 Å². The van der Waals surface area contributed by atoms with Crippen LogP contribution in [0.3, 0.4) is 0 Å². The second-order valence-corrected chi connectivity index (χ2v) is 8.76. The van der Waals surface area contributed by atoms with Crippen molar-refractivity contribution in [3.63, 3.8) is 0 Å². The molecular formula is C24H18FN5O3S. The molecule has 0 saturated heterocycles. The van der Waals surface area contributed by atoms with Crippen LogP contribution in [0.2, 0.25) is 0 Å². The molecule has 0 aliphatic carbocycles. The molecule has 5 aromatic rings. The van der Waals surface area contributed by atoms with Gasteiger partial charge in [-0.3, -0.25) is 14.2 Å². The highest BCUT2D eigenvalue weighted by Crippen LogP contribution is 2.35. The van der Waals surface area contributed by atoms with E-state index in [4.69, 9.17) is 4.52 Å². The summed E-state index contributed by atoms with van der Waals surface area (Å²) in [5, 5.41) is 7.15. The van der Waals surface area contributed by atoms with Gasteiger partial charge in [0.2, 0.25) is 11.7 Å². The number of aryl methyl sites for hydroxylation is 2. The van der Waals surface area contributed by atoms with Crippen LogP contribution in [0.15, 0.2) is 64.2 Å². The average molecular weight is 476 g/mol. The van der Waals surface area contributed by atoms with Gasteiger partial charge in [-0.1, -0.05) is 22.9 Å². The van der Waals surface area contributed by atoms with Crippen LogP contribution in [0.25, 0.3) is 32.4 Å². The summed E-state index contributed by atoms with van der Waals surface area (Å²) in [6.07, 6.45) is 1.36. The molecule has 3 heterocycles. The zero-order valence-corrected chi connectivity index (χ0v) is 19.0. The van der Waals surface area contributed by atoms with Gasteiger partial charge in [-0.2, -0.15) is 4.98 Å². The van der Waals surface area contributed by atoms with Gasteiger partial charge < -0.3 is 9.84 Å². The smallest absolute Gasteiger partial charge is 0.268 e. The van der Waals surface area contributed by atoms with Gasteiger partial charge in [-0.15, -0.1) is 11.3 Å². The first-order chi connectivity index (χ1) is 16.4. The van der Waals surface area contributed by atoms with E-state index in [2.05, 4.69) is 20.4 Å². The number of fused-ring (bicyclic) bond motifs is 1. The predicted octanol–water partition coefficient (Wildman–Crippen LogP) is 4.57. The lowest BCUT2D eigenvalue weighted by Crippen LogP contribution is -2.27. The Labute approximate surface area is 196 Å². The molecular weight excluding hydrogens is 457 g/mol. The molecule has 0 saturated carbocycles. The third kappa shape index (κ3) is 4.11. The molecule has 0 aliphatic heterocycles. The maximum atomic E-state index is 13.2. The minimum Gasteiger partial charge on any atom is -0.333 e. The summed E-state index contributed by atoms with van der Waals surface area (Å²) in [5.74, 6) is -0.142. The minimum atomic E-state index is -0.359. The largest absolute Gasteiger partial charge is 0.333 e. The van der Waals surface area contributed by atoms with E-state index in [-0.39, 0.29) is 29.7 Å². The molecule has 0 radical (unpaired) electrons. The number of thiophene rings is 1. The molecule has 5 rings (SSSR count). The number of hydrogen-bond acceptors (Lipinski definition) is 7. The summed E-state index contributed by atoms with van der Waals surface area (Å²) >= 11 is 1.25. The van der Waals surface area contributed by atoms with Gasteiger partial charge in [0, 0.05) is 11.3 Å². The summed E-state index contributed by atoms with van der Waals surface area (Å²) in [5.41, 5.74) is 2.65. The van der Waals surface area contributed by atoms with E-state index < -0.39 is 0 Å². The van der Waals surface area contributed by atoms with Crippen molar-refractivity contribution >= 4 is 33.1 Å². The van der Waals surface area contributed by atoms with Crippen molar-refractivity contribution in [1.82, 2.24) is 19.7 Å². The Balaban J connectivity index is 1.43. The number of hydrogen-bond donors (Lipinski definition) is 1. The van der Waals surface area contributed by atoms with Crippen molar-refractivity contribution in [2.75, 3.05) is 5.32 Å². The third-order valence-corrected chi connectivity index (χ3v) is 6.48. The maximum absolute atomic E-state index is 13.2. The van der Waals surface area contributed by atoms with Gasteiger partial charge >= 0.3 is 0 Å². The van der Waals surface area contributed by atoms with Crippen LogP contribution >= 0.6 is 11.3 Å². The lowest BCUT2D eigenvalue weighted by molar-refractivity contribution is -0.116. The van der Waals surface area contributed by atoms with E-state index >= 15 is 0 Å². The number of aromatic nitrogens is 4. The zero-order chi connectivity index (χ0) is 23.8. The van der Waals surface area contributed by atoms with Crippen molar-refractivity contribution in [3.05, 3.63) is 82.2 Å². The number of benzene rings is 2. The van der Waals surface area contributed by atoms with Gasteiger partial charge in [0.25, 0.3) is 11.4 Å². The van der Waals surface area contributed by atoms with Crippen molar-refractivity contribution in [3.8, 4) is 22.2 Å². The molecule has 1 amide bonds. The number of rotatable bonds is 5. The quantitative estimate of drug-likeness (QED) is 0.399. The molecule has 0 bridgehead atoms. The van der Waals surface area contributed by atoms with Gasteiger partial charge in [-0.05, 0) is 55.8 Å². The van der Waals surface area contributed by atoms with Crippen molar-refractivity contribution < 1.29 is 13.7 Å². The molecule has 34 heavy (non-hydrogen) atoms. The lowest BCUT2D eigenvalue weighted by Gasteiger charge is -2.07. The Hall–Kier alpha value is -4.18. The number of amides is 1. The standard InChI is InChI=1S/C24H18FN5O3S/c1-13-3-9-17(10-4-13)27-18(31)11-30-12-26-23-19(24(30)32)14(2)20(34-23)22-28-21(29-33-22)15-5-7-16(25)8-6-15/h3-10,12H,11H2,1-2H3,(H,27,31). The second kappa shape index (κ2) is 8.64. The summed E-state index contributed by atoms with van der Waals surface area (Å²) in [4.78, 5) is 35.5. The number of carbonyl (C=O) groups is 1. The molecule has 0 unspecified atom stereocenters. The number of nitrogens with one attached hydrogen (secondary N) is 1. The van der Waals surface area contributed by atoms with Gasteiger partial charge in [0.15, 0.2) is 0 Å². The van der Waals surface area contributed by atoms with Crippen LogP contribution in [0.5, 0.6) is 0 Å². The van der Waals surface area contributed by atoms with Crippen LogP contribution in [0.4, 0.5) is 10.1 Å². The Kier molecular flexibility index (Phi) is 5.50. The van der Waals surface area contributed by atoms with Crippen LogP contribution in [-0.4, -0.2) is 25.6 Å². The highest BCUT2D eigenvalue weighted by molar-refractivity contribution is 7.22. The van der Waals surface area contributed by atoms with Gasteiger partial charge in [0.05, 0.1) is 16.6 Å². The Morgan fingerprint density at radius 2 is 1.85 bits per heavy atom. The van der Waals surface area contributed by atoms with Crippen LogP contribution in [0.1, 0.15) is 11.1 Å². The van der Waals surface area contributed by atoms with Gasteiger partial charge in [-0.25, -0.2) is 9.37 Å². The highest BCUT2D eigenvalue weighted by Gasteiger charge is 2.21. The molecule has 0 aliphatic rings. The molecule has 0 fully saturated rings. The second-order valence-electron chi connectivity index (χ2n) is 7.76. The molecule has 3 aromatic heterocycles. The number of halogens is 1. The number of carbonyl (C=O) groups excluding carboxylic acids is 1. The van der Waals surface area contributed by atoms with E-state index in [1.54, 1.807) is 31.2 Å². The zero-order valence-electron chi connectivity index (χ0n) is 18.2. The van der Waals surface area contributed by atoms with Crippen LogP contribution in [0, 0.1) is 19.7 Å². The monoisotopic (exact) mass is 475 g/mol. The first-order valence-electron chi connectivity index (χ1n) is 10.3. The molecule has 0 spiro atoms. The molecule has 170 valence electrons. The molecule has 1 N–H and O–H groups in total. The van der Waals surface area contributed by atoms with Crippen LogP contribution in [-0.2, 0) is 11.3 Å². The van der Waals surface area contributed by atoms with E-state index in [1.165, 1.54) is 34.4 Å².